The Hall–Kier alpha value is -1.26. The molecule has 1 aliphatic rings. The van der Waals surface area contributed by atoms with Crippen LogP contribution < -0.4 is 10.1 Å². The fraction of sp³-hybridized carbons (Fsp3) is 0.533. The number of methoxy groups -OCH3 is 1. The van der Waals surface area contributed by atoms with Crippen LogP contribution in [0.25, 0.3) is 0 Å². The number of para-hydroxylation sites is 1. The molecule has 2 atom stereocenters. The summed E-state index contributed by atoms with van der Waals surface area (Å²) in [5, 5.41) is 3.13. The first-order valence-electron chi connectivity index (χ1n) is 6.80. The van der Waals surface area contributed by atoms with Crippen molar-refractivity contribution in [3.8, 4) is 5.75 Å². The SMILES string of the molecule is CCCc1ccccc1O[C@@H]1CN[C@H](C(=O)OC)C1.Cl. The summed E-state index contributed by atoms with van der Waals surface area (Å²) in [6.45, 7) is 2.83. The molecule has 0 aliphatic carbocycles. The lowest BCUT2D eigenvalue weighted by atomic mass is 10.1. The van der Waals surface area contributed by atoms with Gasteiger partial charge < -0.3 is 14.8 Å². The number of carbonyl (C=O) groups is 1. The van der Waals surface area contributed by atoms with Gasteiger partial charge in [-0.1, -0.05) is 31.5 Å². The minimum Gasteiger partial charge on any atom is -0.489 e. The summed E-state index contributed by atoms with van der Waals surface area (Å²) in [5.74, 6) is 0.717. The second-order valence-corrected chi connectivity index (χ2v) is 4.82. The van der Waals surface area contributed by atoms with Gasteiger partial charge in [-0.25, -0.2) is 0 Å². The largest absolute Gasteiger partial charge is 0.489 e. The van der Waals surface area contributed by atoms with Gasteiger partial charge >= 0.3 is 5.97 Å². The van der Waals surface area contributed by atoms with E-state index in [9.17, 15) is 4.79 Å². The topological polar surface area (TPSA) is 47.6 Å². The molecule has 0 bridgehead atoms. The smallest absolute Gasteiger partial charge is 0.323 e. The van der Waals surface area contributed by atoms with E-state index < -0.39 is 0 Å². The average Bonchev–Trinajstić information content (AvgIpc) is 2.89. The Kier molecular flexibility index (Phi) is 6.82. The molecule has 1 aliphatic heterocycles. The Bertz CT molecular complexity index is 439. The van der Waals surface area contributed by atoms with Gasteiger partial charge in [0.2, 0.25) is 0 Å². The molecule has 1 heterocycles. The lowest BCUT2D eigenvalue weighted by Gasteiger charge is -2.16. The third-order valence-electron chi connectivity index (χ3n) is 3.36. The van der Waals surface area contributed by atoms with Crippen molar-refractivity contribution in [3.63, 3.8) is 0 Å². The van der Waals surface area contributed by atoms with Crippen molar-refractivity contribution in [1.82, 2.24) is 5.32 Å². The predicted molar refractivity (Wildman–Crippen MR) is 80.5 cm³/mol. The van der Waals surface area contributed by atoms with Crippen LogP contribution in [0.2, 0.25) is 0 Å². The molecule has 0 spiro atoms. The van der Waals surface area contributed by atoms with E-state index in [1.807, 2.05) is 18.2 Å². The molecule has 4 nitrogen and oxygen atoms in total. The van der Waals surface area contributed by atoms with E-state index in [4.69, 9.17) is 9.47 Å². The van der Waals surface area contributed by atoms with Gasteiger partial charge in [-0.15, -0.1) is 12.4 Å². The molecule has 1 saturated heterocycles. The molecule has 1 aromatic carbocycles. The van der Waals surface area contributed by atoms with Crippen LogP contribution in [0.5, 0.6) is 5.75 Å². The number of ether oxygens (including phenoxy) is 2. The highest BCUT2D eigenvalue weighted by Crippen LogP contribution is 2.23. The van der Waals surface area contributed by atoms with Crippen LogP contribution in [0, 0.1) is 0 Å². The normalized spacial score (nSPS) is 21.1. The molecule has 5 heteroatoms. The number of hydrogen-bond acceptors (Lipinski definition) is 4. The zero-order chi connectivity index (χ0) is 13.7. The second kappa shape index (κ2) is 8.12. The summed E-state index contributed by atoms with van der Waals surface area (Å²) in [7, 11) is 1.41. The summed E-state index contributed by atoms with van der Waals surface area (Å²) in [5.41, 5.74) is 1.23. The Morgan fingerprint density at radius 1 is 1.40 bits per heavy atom. The van der Waals surface area contributed by atoms with Gasteiger partial charge in [-0.05, 0) is 18.1 Å². The van der Waals surface area contributed by atoms with Crippen molar-refractivity contribution in [1.29, 1.82) is 0 Å². The number of halogens is 1. The van der Waals surface area contributed by atoms with E-state index >= 15 is 0 Å². The number of aryl methyl sites for hydroxylation is 1. The average molecular weight is 300 g/mol. The zero-order valence-corrected chi connectivity index (χ0v) is 12.7. The maximum Gasteiger partial charge on any atom is 0.323 e. The molecule has 0 radical (unpaired) electrons. The van der Waals surface area contributed by atoms with E-state index in [1.54, 1.807) is 0 Å². The van der Waals surface area contributed by atoms with E-state index in [-0.39, 0.29) is 30.5 Å². The maximum absolute atomic E-state index is 11.4. The summed E-state index contributed by atoms with van der Waals surface area (Å²) in [6.07, 6.45) is 2.79. The maximum atomic E-state index is 11.4. The second-order valence-electron chi connectivity index (χ2n) is 4.82. The lowest BCUT2D eigenvalue weighted by molar-refractivity contribution is -0.142. The third kappa shape index (κ3) is 4.12. The summed E-state index contributed by atoms with van der Waals surface area (Å²) >= 11 is 0. The quantitative estimate of drug-likeness (QED) is 0.848. The molecule has 0 saturated carbocycles. The molecular formula is C15H22ClNO3. The molecule has 20 heavy (non-hydrogen) atoms. The summed E-state index contributed by atoms with van der Waals surface area (Å²) < 4.78 is 10.8. The molecule has 1 aromatic rings. The van der Waals surface area contributed by atoms with Gasteiger partial charge in [-0.3, -0.25) is 4.79 Å². The van der Waals surface area contributed by atoms with Crippen molar-refractivity contribution in [3.05, 3.63) is 29.8 Å². The highest BCUT2D eigenvalue weighted by Gasteiger charge is 2.31. The van der Waals surface area contributed by atoms with Crippen molar-refractivity contribution in [2.24, 2.45) is 0 Å². The minimum atomic E-state index is -0.242. The highest BCUT2D eigenvalue weighted by atomic mass is 35.5. The van der Waals surface area contributed by atoms with E-state index in [0.29, 0.717) is 13.0 Å². The van der Waals surface area contributed by atoms with Gasteiger partial charge in [0.05, 0.1) is 7.11 Å². The molecule has 1 N–H and O–H groups in total. The van der Waals surface area contributed by atoms with Crippen molar-refractivity contribution >= 4 is 18.4 Å². The fourth-order valence-corrected chi connectivity index (χ4v) is 2.39. The molecule has 0 aromatic heterocycles. The first-order valence-corrected chi connectivity index (χ1v) is 6.80. The highest BCUT2D eigenvalue weighted by molar-refractivity contribution is 5.85. The third-order valence-corrected chi connectivity index (χ3v) is 3.36. The van der Waals surface area contributed by atoms with Crippen LogP contribution in [0.4, 0.5) is 0 Å². The van der Waals surface area contributed by atoms with Crippen molar-refractivity contribution in [2.75, 3.05) is 13.7 Å². The zero-order valence-electron chi connectivity index (χ0n) is 11.9. The van der Waals surface area contributed by atoms with Crippen LogP contribution in [0.15, 0.2) is 24.3 Å². The fourth-order valence-electron chi connectivity index (χ4n) is 2.39. The van der Waals surface area contributed by atoms with Gasteiger partial charge in [0, 0.05) is 13.0 Å². The molecule has 0 unspecified atom stereocenters. The lowest BCUT2D eigenvalue weighted by Crippen LogP contribution is -2.31. The molecular weight excluding hydrogens is 278 g/mol. The van der Waals surface area contributed by atoms with Gasteiger partial charge in [-0.2, -0.15) is 0 Å². The van der Waals surface area contributed by atoms with Crippen LogP contribution in [0.3, 0.4) is 0 Å². The Morgan fingerprint density at radius 2 is 2.15 bits per heavy atom. The van der Waals surface area contributed by atoms with E-state index in [2.05, 4.69) is 18.3 Å². The first-order chi connectivity index (χ1) is 9.24. The van der Waals surface area contributed by atoms with Gasteiger partial charge in [0.15, 0.2) is 0 Å². The number of nitrogens with one attached hydrogen (secondary N) is 1. The van der Waals surface area contributed by atoms with Crippen LogP contribution in [0.1, 0.15) is 25.3 Å². The Balaban J connectivity index is 0.00000200. The first kappa shape index (κ1) is 16.8. The predicted octanol–water partition coefficient (Wildman–Crippen LogP) is 2.34. The number of esters is 1. The molecule has 1 fully saturated rings. The monoisotopic (exact) mass is 299 g/mol. The number of benzene rings is 1. The van der Waals surface area contributed by atoms with Crippen LogP contribution >= 0.6 is 12.4 Å². The van der Waals surface area contributed by atoms with Gasteiger partial charge in [0.1, 0.15) is 17.9 Å². The van der Waals surface area contributed by atoms with E-state index in [0.717, 1.165) is 18.6 Å². The summed E-state index contributed by atoms with van der Waals surface area (Å²) in [6, 6.07) is 7.86. The number of carbonyl (C=O) groups excluding carboxylic acids is 1. The van der Waals surface area contributed by atoms with Crippen LogP contribution in [-0.4, -0.2) is 31.8 Å². The van der Waals surface area contributed by atoms with Crippen LogP contribution in [-0.2, 0) is 16.0 Å². The van der Waals surface area contributed by atoms with E-state index in [1.165, 1.54) is 12.7 Å². The molecule has 112 valence electrons. The Morgan fingerprint density at radius 3 is 2.85 bits per heavy atom. The van der Waals surface area contributed by atoms with Crippen molar-refractivity contribution < 1.29 is 14.3 Å². The summed E-state index contributed by atoms with van der Waals surface area (Å²) in [4.78, 5) is 11.4. The van der Waals surface area contributed by atoms with Gasteiger partial charge in [0.25, 0.3) is 0 Å². The standard InChI is InChI=1S/C15H21NO3.ClH/c1-3-6-11-7-4-5-8-14(11)19-12-9-13(16-10-12)15(17)18-2;/h4-5,7-8,12-13,16H,3,6,9-10H2,1-2H3;1H/t12-,13-;/m0./s1. The minimum absolute atomic E-state index is 0. The van der Waals surface area contributed by atoms with Crippen molar-refractivity contribution in [2.45, 2.75) is 38.3 Å². The number of rotatable bonds is 5. The number of hydrogen-bond donors (Lipinski definition) is 1. The molecule has 0 amide bonds. The molecule has 2 rings (SSSR count). The Labute approximate surface area is 126 Å².